The van der Waals surface area contributed by atoms with Crippen molar-refractivity contribution in [1.82, 2.24) is 15.4 Å². The first-order chi connectivity index (χ1) is 9.74. The Balaban J connectivity index is 2.27. The number of ether oxygens (including phenoxy) is 1. The number of pyridine rings is 2. The summed E-state index contributed by atoms with van der Waals surface area (Å²) in [4.78, 5) is 8.42. The van der Waals surface area contributed by atoms with E-state index >= 15 is 0 Å². The van der Waals surface area contributed by atoms with Crippen molar-refractivity contribution in [3.8, 4) is 5.75 Å². The van der Waals surface area contributed by atoms with Crippen molar-refractivity contribution in [1.29, 1.82) is 0 Å². The van der Waals surface area contributed by atoms with Gasteiger partial charge in [0.1, 0.15) is 5.75 Å². The molecule has 2 rings (SSSR count). The molecule has 0 radical (unpaired) electrons. The molecule has 2 aromatic heterocycles. The van der Waals surface area contributed by atoms with Gasteiger partial charge in [-0.05, 0) is 42.7 Å². The summed E-state index contributed by atoms with van der Waals surface area (Å²) in [5.74, 6) is 6.46. The molecule has 0 aromatic carbocycles. The second-order valence-electron chi connectivity index (χ2n) is 4.63. The Morgan fingerprint density at radius 2 is 2.15 bits per heavy atom. The first kappa shape index (κ1) is 14.4. The highest BCUT2D eigenvalue weighted by molar-refractivity contribution is 5.34. The average molecular weight is 272 g/mol. The largest absolute Gasteiger partial charge is 0.492 e. The maximum absolute atomic E-state index is 5.70. The van der Waals surface area contributed by atoms with Gasteiger partial charge in [0, 0.05) is 18.1 Å². The summed E-state index contributed by atoms with van der Waals surface area (Å²) in [7, 11) is 0. The molecule has 5 heteroatoms. The highest BCUT2D eigenvalue weighted by Crippen LogP contribution is 2.23. The van der Waals surface area contributed by atoms with Crippen LogP contribution in [0, 0.1) is 6.92 Å². The topological polar surface area (TPSA) is 73.1 Å². The van der Waals surface area contributed by atoms with E-state index in [-0.39, 0.29) is 6.04 Å². The molecule has 0 aliphatic carbocycles. The number of aromatic nitrogens is 2. The zero-order valence-electron chi connectivity index (χ0n) is 11.8. The molecule has 3 N–H and O–H groups in total. The number of hydrogen-bond acceptors (Lipinski definition) is 5. The lowest BCUT2D eigenvalue weighted by atomic mass is 10.0. The van der Waals surface area contributed by atoms with Crippen LogP contribution >= 0.6 is 0 Å². The number of hydrazine groups is 1. The summed E-state index contributed by atoms with van der Waals surface area (Å²) in [5, 5.41) is 0. The molecule has 0 bridgehead atoms. The van der Waals surface area contributed by atoms with Crippen LogP contribution in [0.4, 0.5) is 0 Å². The van der Waals surface area contributed by atoms with Gasteiger partial charge in [0.25, 0.3) is 0 Å². The Kier molecular flexibility index (Phi) is 5.03. The van der Waals surface area contributed by atoms with Crippen LogP contribution < -0.4 is 16.0 Å². The van der Waals surface area contributed by atoms with Gasteiger partial charge < -0.3 is 4.74 Å². The van der Waals surface area contributed by atoms with Crippen LogP contribution in [0.25, 0.3) is 0 Å². The number of nitrogens with two attached hydrogens (primary N) is 1. The van der Waals surface area contributed by atoms with Crippen molar-refractivity contribution in [2.45, 2.75) is 26.3 Å². The molecule has 2 aromatic rings. The quantitative estimate of drug-likeness (QED) is 0.622. The Labute approximate surface area is 119 Å². The maximum atomic E-state index is 5.70. The third kappa shape index (κ3) is 3.53. The highest BCUT2D eigenvalue weighted by atomic mass is 16.5. The lowest BCUT2D eigenvalue weighted by molar-refractivity contribution is 0.315. The van der Waals surface area contributed by atoms with Crippen LogP contribution in [0.2, 0.25) is 0 Å². The molecule has 0 saturated carbocycles. The van der Waals surface area contributed by atoms with E-state index in [0.29, 0.717) is 6.61 Å². The minimum atomic E-state index is -0.130. The van der Waals surface area contributed by atoms with Gasteiger partial charge >= 0.3 is 0 Å². The molecule has 0 spiro atoms. The molecule has 0 aliphatic heterocycles. The molecular formula is C15H20N4O. The summed E-state index contributed by atoms with van der Waals surface area (Å²) in [6.07, 6.45) is 6.25. The van der Waals surface area contributed by atoms with Crippen LogP contribution in [-0.4, -0.2) is 16.6 Å². The fourth-order valence-electron chi connectivity index (χ4n) is 2.02. The summed E-state index contributed by atoms with van der Waals surface area (Å²) in [5.41, 5.74) is 5.79. The SMILES string of the molecule is CCCOc1cncc(C(NN)c2ccnc(C)c2)c1. The van der Waals surface area contributed by atoms with Crippen molar-refractivity contribution in [2.75, 3.05) is 6.61 Å². The standard InChI is InChI=1S/C15H20N4O/c1-3-6-20-14-8-13(9-17-10-14)15(19-16)12-4-5-18-11(2)7-12/h4-5,7-10,15,19H,3,6,16H2,1-2H3. The minimum Gasteiger partial charge on any atom is -0.492 e. The zero-order chi connectivity index (χ0) is 14.4. The summed E-state index contributed by atoms with van der Waals surface area (Å²) in [6, 6.07) is 5.78. The van der Waals surface area contributed by atoms with Crippen molar-refractivity contribution in [2.24, 2.45) is 5.84 Å². The molecule has 2 heterocycles. The molecule has 5 nitrogen and oxygen atoms in total. The summed E-state index contributed by atoms with van der Waals surface area (Å²) >= 11 is 0. The molecular weight excluding hydrogens is 252 g/mol. The van der Waals surface area contributed by atoms with Gasteiger partial charge in [0.15, 0.2) is 0 Å². The molecule has 106 valence electrons. The van der Waals surface area contributed by atoms with Crippen LogP contribution in [-0.2, 0) is 0 Å². The third-order valence-corrected chi connectivity index (χ3v) is 2.96. The first-order valence-corrected chi connectivity index (χ1v) is 6.71. The van der Waals surface area contributed by atoms with Gasteiger partial charge in [0.05, 0.1) is 18.8 Å². The first-order valence-electron chi connectivity index (χ1n) is 6.71. The second-order valence-corrected chi connectivity index (χ2v) is 4.63. The Morgan fingerprint density at radius 3 is 2.85 bits per heavy atom. The van der Waals surface area contributed by atoms with Gasteiger partial charge in [-0.2, -0.15) is 0 Å². The van der Waals surface area contributed by atoms with Gasteiger partial charge in [0.2, 0.25) is 0 Å². The Bertz CT molecular complexity index is 559. The van der Waals surface area contributed by atoms with Crippen LogP contribution in [0.15, 0.2) is 36.8 Å². The molecule has 1 unspecified atom stereocenters. The van der Waals surface area contributed by atoms with Crippen molar-refractivity contribution >= 4 is 0 Å². The van der Waals surface area contributed by atoms with E-state index in [2.05, 4.69) is 22.3 Å². The number of rotatable bonds is 6. The third-order valence-electron chi connectivity index (χ3n) is 2.96. The average Bonchev–Trinajstić information content (AvgIpc) is 2.46. The molecule has 0 amide bonds. The molecule has 0 saturated heterocycles. The number of hydrogen-bond donors (Lipinski definition) is 2. The van der Waals surface area contributed by atoms with Crippen molar-refractivity contribution in [3.63, 3.8) is 0 Å². The van der Waals surface area contributed by atoms with Gasteiger partial charge in [-0.3, -0.25) is 15.8 Å². The van der Waals surface area contributed by atoms with E-state index in [1.54, 1.807) is 18.6 Å². The molecule has 0 fully saturated rings. The monoisotopic (exact) mass is 272 g/mol. The van der Waals surface area contributed by atoms with Gasteiger partial charge in [-0.15, -0.1) is 0 Å². The van der Waals surface area contributed by atoms with E-state index in [1.807, 2.05) is 25.1 Å². The van der Waals surface area contributed by atoms with E-state index in [1.165, 1.54) is 0 Å². The minimum absolute atomic E-state index is 0.130. The fraction of sp³-hybridized carbons (Fsp3) is 0.333. The Hall–Kier alpha value is -1.98. The van der Waals surface area contributed by atoms with Crippen LogP contribution in [0.1, 0.15) is 36.2 Å². The van der Waals surface area contributed by atoms with Crippen LogP contribution in [0.3, 0.4) is 0 Å². The summed E-state index contributed by atoms with van der Waals surface area (Å²) in [6.45, 7) is 4.71. The molecule has 0 aliphatic rings. The second kappa shape index (κ2) is 6.98. The number of aryl methyl sites for hydroxylation is 1. The highest BCUT2D eigenvalue weighted by Gasteiger charge is 2.14. The van der Waals surface area contributed by atoms with E-state index in [4.69, 9.17) is 10.6 Å². The lowest BCUT2D eigenvalue weighted by Gasteiger charge is -2.17. The fourth-order valence-corrected chi connectivity index (χ4v) is 2.02. The van der Waals surface area contributed by atoms with E-state index in [0.717, 1.165) is 29.0 Å². The summed E-state index contributed by atoms with van der Waals surface area (Å²) < 4.78 is 5.61. The van der Waals surface area contributed by atoms with E-state index < -0.39 is 0 Å². The zero-order valence-corrected chi connectivity index (χ0v) is 11.8. The Morgan fingerprint density at radius 1 is 1.30 bits per heavy atom. The maximum Gasteiger partial charge on any atom is 0.137 e. The van der Waals surface area contributed by atoms with Gasteiger partial charge in [-0.25, -0.2) is 5.43 Å². The lowest BCUT2D eigenvalue weighted by Crippen LogP contribution is -2.29. The van der Waals surface area contributed by atoms with Crippen molar-refractivity contribution in [3.05, 3.63) is 53.6 Å². The smallest absolute Gasteiger partial charge is 0.137 e. The van der Waals surface area contributed by atoms with Crippen LogP contribution in [0.5, 0.6) is 5.75 Å². The number of nitrogens with one attached hydrogen (secondary N) is 1. The predicted molar refractivity (Wildman–Crippen MR) is 78.2 cm³/mol. The van der Waals surface area contributed by atoms with E-state index in [9.17, 15) is 0 Å². The molecule has 1 atom stereocenters. The van der Waals surface area contributed by atoms with Crippen molar-refractivity contribution < 1.29 is 4.74 Å². The normalized spacial score (nSPS) is 12.2. The van der Waals surface area contributed by atoms with Gasteiger partial charge in [-0.1, -0.05) is 6.92 Å². The number of nitrogens with zero attached hydrogens (tertiary/aromatic N) is 2. The molecule has 20 heavy (non-hydrogen) atoms. The predicted octanol–water partition coefficient (Wildman–Crippen LogP) is 2.13.